The second kappa shape index (κ2) is 7.76. The van der Waals surface area contributed by atoms with Crippen LogP contribution >= 0.6 is 0 Å². The van der Waals surface area contributed by atoms with E-state index in [1.165, 1.54) is 18.2 Å². The van der Waals surface area contributed by atoms with Gasteiger partial charge in [-0.15, -0.1) is 5.10 Å². The first-order valence-corrected chi connectivity index (χ1v) is 9.88. The molecule has 3 atom stereocenters. The van der Waals surface area contributed by atoms with Gasteiger partial charge in [-0.05, 0) is 55.4 Å². The number of hydrogen-bond acceptors (Lipinski definition) is 5. The van der Waals surface area contributed by atoms with Crippen LogP contribution in [0.2, 0.25) is 0 Å². The third-order valence-corrected chi connectivity index (χ3v) is 5.83. The standard InChI is InChI=1S/C21H23F2N3O3/c1-2-17(20(28)24-8-9-27)29-21-7-6-12(11-21)13-10-16(25-26-19(13)21)18-14(22)4-3-5-15(18)23/h3-5,10,12,17,27H,2,6-9,11H2,1H3,(H,24,28)/t12-,17+,21-/m1/s1. The summed E-state index contributed by atoms with van der Waals surface area (Å²) in [6.45, 7) is 1.89. The van der Waals surface area contributed by atoms with Crippen LogP contribution in [0.1, 0.15) is 49.8 Å². The van der Waals surface area contributed by atoms with E-state index in [-0.39, 0.29) is 36.2 Å². The lowest BCUT2D eigenvalue weighted by Gasteiger charge is -2.31. The third kappa shape index (κ3) is 3.40. The van der Waals surface area contributed by atoms with Gasteiger partial charge in [-0.2, -0.15) is 5.10 Å². The van der Waals surface area contributed by atoms with Crippen molar-refractivity contribution in [2.45, 2.75) is 50.2 Å². The lowest BCUT2D eigenvalue weighted by molar-refractivity contribution is -0.149. The van der Waals surface area contributed by atoms with Gasteiger partial charge in [0.15, 0.2) is 0 Å². The van der Waals surface area contributed by atoms with E-state index in [0.717, 1.165) is 18.4 Å². The van der Waals surface area contributed by atoms with Crippen LogP contribution in [0.5, 0.6) is 0 Å². The van der Waals surface area contributed by atoms with E-state index in [1.54, 1.807) is 6.07 Å². The number of carbonyl (C=O) groups excluding carboxylic acids is 1. The van der Waals surface area contributed by atoms with E-state index in [4.69, 9.17) is 9.84 Å². The average molecular weight is 403 g/mol. The van der Waals surface area contributed by atoms with E-state index >= 15 is 0 Å². The lowest BCUT2D eigenvalue weighted by atomic mass is 9.92. The molecule has 2 N–H and O–H groups in total. The number of halogens is 2. The molecule has 1 amide bonds. The number of nitrogens with one attached hydrogen (secondary N) is 1. The quantitative estimate of drug-likeness (QED) is 0.743. The Bertz CT molecular complexity index is 919. The summed E-state index contributed by atoms with van der Waals surface area (Å²) in [5, 5.41) is 20.0. The number of rotatable bonds is 7. The van der Waals surface area contributed by atoms with Crippen molar-refractivity contribution in [1.82, 2.24) is 15.5 Å². The van der Waals surface area contributed by atoms with Crippen molar-refractivity contribution in [3.05, 3.63) is 47.2 Å². The number of aliphatic hydroxyl groups is 1. The molecular weight excluding hydrogens is 380 g/mol. The van der Waals surface area contributed by atoms with Crippen LogP contribution in [0.4, 0.5) is 8.78 Å². The monoisotopic (exact) mass is 403 g/mol. The molecule has 0 spiro atoms. The SMILES string of the molecule is CC[C@H](O[C@]12CC[C@H](C1)c1cc(-c3c(F)cccc3F)nnc12)C(=O)NCCO. The van der Waals surface area contributed by atoms with E-state index in [0.29, 0.717) is 18.5 Å². The fourth-order valence-corrected chi connectivity index (χ4v) is 4.48. The summed E-state index contributed by atoms with van der Waals surface area (Å²) >= 11 is 0. The van der Waals surface area contributed by atoms with Gasteiger partial charge >= 0.3 is 0 Å². The zero-order valence-electron chi connectivity index (χ0n) is 16.1. The predicted molar refractivity (Wildman–Crippen MR) is 101 cm³/mol. The number of nitrogens with zero attached hydrogens (tertiary/aromatic N) is 2. The Kier molecular flexibility index (Phi) is 5.31. The molecule has 1 aromatic heterocycles. The van der Waals surface area contributed by atoms with E-state index in [2.05, 4.69) is 15.5 Å². The fraction of sp³-hybridized carbons (Fsp3) is 0.476. The normalized spacial score (nSPS) is 23.1. The number of benzene rings is 1. The second-order valence-corrected chi connectivity index (χ2v) is 7.59. The molecule has 2 aromatic rings. The number of carbonyl (C=O) groups is 1. The largest absolute Gasteiger partial charge is 0.395 e. The fourth-order valence-electron chi connectivity index (χ4n) is 4.48. The molecule has 29 heavy (non-hydrogen) atoms. The minimum atomic E-state index is -0.712. The highest BCUT2D eigenvalue weighted by atomic mass is 19.1. The summed E-state index contributed by atoms with van der Waals surface area (Å²) in [6.07, 6.45) is 2.05. The number of aliphatic hydroxyl groups excluding tert-OH is 1. The minimum absolute atomic E-state index is 0.140. The molecule has 8 heteroatoms. The van der Waals surface area contributed by atoms with Crippen LogP contribution in [-0.2, 0) is 15.1 Å². The summed E-state index contributed by atoms with van der Waals surface area (Å²) in [5.74, 6) is -1.47. The van der Waals surface area contributed by atoms with Crippen LogP contribution < -0.4 is 5.32 Å². The maximum absolute atomic E-state index is 14.2. The van der Waals surface area contributed by atoms with Crippen LogP contribution in [0.15, 0.2) is 24.3 Å². The summed E-state index contributed by atoms with van der Waals surface area (Å²) in [5.41, 5.74) is 0.804. The van der Waals surface area contributed by atoms with Crippen LogP contribution in [0.25, 0.3) is 11.3 Å². The van der Waals surface area contributed by atoms with Gasteiger partial charge in [0.2, 0.25) is 5.91 Å². The van der Waals surface area contributed by atoms with Gasteiger partial charge in [0.05, 0.1) is 23.6 Å². The van der Waals surface area contributed by atoms with Crippen molar-refractivity contribution in [3.8, 4) is 11.3 Å². The maximum atomic E-state index is 14.2. The number of fused-ring (bicyclic) bond motifs is 5. The van der Waals surface area contributed by atoms with Crippen LogP contribution in [-0.4, -0.2) is 40.5 Å². The lowest BCUT2D eigenvalue weighted by Crippen LogP contribution is -2.42. The van der Waals surface area contributed by atoms with Gasteiger partial charge in [0.25, 0.3) is 0 Å². The number of hydrogen-bond donors (Lipinski definition) is 2. The summed E-state index contributed by atoms with van der Waals surface area (Å²) in [4.78, 5) is 12.4. The smallest absolute Gasteiger partial charge is 0.249 e. The number of amides is 1. The van der Waals surface area contributed by atoms with Gasteiger partial charge < -0.3 is 15.2 Å². The molecule has 4 rings (SSSR count). The van der Waals surface area contributed by atoms with Crippen molar-refractivity contribution in [2.75, 3.05) is 13.2 Å². The Morgan fingerprint density at radius 1 is 1.38 bits per heavy atom. The molecule has 0 radical (unpaired) electrons. The van der Waals surface area contributed by atoms with Crippen molar-refractivity contribution in [1.29, 1.82) is 0 Å². The molecule has 6 nitrogen and oxygen atoms in total. The molecule has 1 aromatic carbocycles. The summed E-state index contributed by atoms with van der Waals surface area (Å²) in [6, 6.07) is 5.40. The Balaban J connectivity index is 1.65. The number of ether oxygens (including phenoxy) is 1. The average Bonchev–Trinajstić information content (AvgIpc) is 3.27. The van der Waals surface area contributed by atoms with Gasteiger partial charge in [-0.1, -0.05) is 13.0 Å². The Morgan fingerprint density at radius 3 is 2.83 bits per heavy atom. The van der Waals surface area contributed by atoms with Gasteiger partial charge in [-0.25, -0.2) is 8.78 Å². The topological polar surface area (TPSA) is 84.3 Å². The molecule has 2 aliphatic carbocycles. The Labute approximate surface area is 167 Å². The third-order valence-electron chi connectivity index (χ3n) is 5.83. The van der Waals surface area contributed by atoms with Gasteiger partial charge in [0.1, 0.15) is 23.3 Å². The summed E-state index contributed by atoms with van der Waals surface area (Å²) in [7, 11) is 0. The molecule has 2 aliphatic rings. The molecule has 2 bridgehead atoms. The van der Waals surface area contributed by atoms with Crippen molar-refractivity contribution >= 4 is 5.91 Å². The van der Waals surface area contributed by atoms with Gasteiger partial charge in [-0.3, -0.25) is 4.79 Å². The van der Waals surface area contributed by atoms with E-state index in [9.17, 15) is 13.6 Å². The number of aromatic nitrogens is 2. The van der Waals surface area contributed by atoms with Crippen LogP contribution in [0, 0.1) is 11.6 Å². The molecule has 1 saturated carbocycles. The highest BCUT2D eigenvalue weighted by Gasteiger charge is 2.53. The first-order chi connectivity index (χ1) is 14.0. The highest BCUT2D eigenvalue weighted by molar-refractivity contribution is 5.80. The molecule has 1 heterocycles. The second-order valence-electron chi connectivity index (χ2n) is 7.59. The predicted octanol–water partition coefficient (Wildman–Crippen LogP) is 2.80. The Hall–Kier alpha value is -2.45. The molecule has 154 valence electrons. The van der Waals surface area contributed by atoms with Crippen molar-refractivity contribution < 1.29 is 23.4 Å². The van der Waals surface area contributed by atoms with E-state index < -0.39 is 23.3 Å². The minimum Gasteiger partial charge on any atom is -0.395 e. The van der Waals surface area contributed by atoms with Crippen molar-refractivity contribution in [2.24, 2.45) is 0 Å². The van der Waals surface area contributed by atoms with E-state index in [1.807, 2.05) is 6.92 Å². The first-order valence-electron chi connectivity index (χ1n) is 9.88. The highest BCUT2D eigenvalue weighted by Crippen LogP contribution is 2.57. The maximum Gasteiger partial charge on any atom is 0.249 e. The summed E-state index contributed by atoms with van der Waals surface area (Å²) < 4.78 is 34.6. The van der Waals surface area contributed by atoms with Crippen molar-refractivity contribution in [3.63, 3.8) is 0 Å². The Morgan fingerprint density at radius 2 is 2.14 bits per heavy atom. The molecular formula is C21H23F2N3O3. The van der Waals surface area contributed by atoms with Gasteiger partial charge in [0, 0.05) is 6.54 Å². The molecule has 1 fully saturated rings. The first kappa shape index (κ1) is 19.8. The molecule has 0 unspecified atom stereocenters. The molecule has 0 saturated heterocycles. The molecule has 0 aliphatic heterocycles. The zero-order valence-corrected chi connectivity index (χ0v) is 16.1. The zero-order chi connectivity index (χ0) is 20.6. The van der Waals surface area contributed by atoms with Crippen LogP contribution in [0.3, 0.4) is 0 Å².